The van der Waals surface area contributed by atoms with Crippen LogP contribution < -0.4 is 14.7 Å². The van der Waals surface area contributed by atoms with E-state index in [0.717, 1.165) is 27.3 Å². The summed E-state index contributed by atoms with van der Waals surface area (Å²) < 4.78 is 8.81. The Kier molecular flexibility index (Phi) is 8.79. The van der Waals surface area contributed by atoms with Crippen LogP contribution in [0.2, 0.25) is 0 Å². The number of hydrogen-bond acceptors (Lipinski definition) is 6. The van der Waals surface area contributed by atoms with Crippen molar-refractivity contribution in [2.75, 3.05) is 12.4 Å². The van der Waals surface area contributed by atoms with Gasteiger partial charge in [-0.05, 0) is 83.1 Å². The molecule has 3 aromatic carbocycles. The third kappa shape index (κ3) is 6.34. The second-order valence-electron chi connectivity index (χ2n) is 7.39. The summed E-state index contributed by atoms with van der Waals surface area (Å²) in [6, 6.07) is 21.0. The Bertz CT molecular complexity index is 1380. The number of aromatic hydroxyl groups is 1. The number of H-pyrrole nitrogens is 1. The second kappa shape index (κ2) is 12.2. The number of phenolic OH excluding ortho intramolecular Hbond substituents is 1. The van der Waals surface area contributed by atoms with E-state index >= 15 is 0 Å². The molecule has 1 amide bonds. The van der Waals surface area contributed by atoms with Gasteiger partial charge in [0.1, 0.15) is 17.2 Å². The molecule has 0 radical (unpaired) electrons. The number of halogens is 2. The predicted molar refractivity (Wildman–Crippen MR) is 147 cm³/mol. The normalized spacial score (nSPS) is 11.1. The molecule has 0 fully saturated rings. The Morgan fingerprint density at radius 3 is 2.67 bits per heavy atom. The zero-order chi connectivity index (χ0) is 25.5. The number of thioether (sulfide) groups is 1. The molecule has 1 heterocycles. The maximum Gasteiger partial charge on any atom is 0.342 e. The maximum absolute atomic E-state index is 12.5. The number of amides is 1. The van der Waals surface area contributed by atoms with Crippen molar-refractivity contribution in [1.29, 1.82) is 0 Å². The zero-order valence-corrected chi connectivity index (χ0v) is 23.1. The highest BCUT2D eigenvalue weighted by Crippen LogP contribution is 2.30. The first-order valence-corrected chi connectivity index (χ1v) is 13.4. The van der Waals surface area contributed by atoms with Crippen molar-refractivity contribution >= 4 is 55.7 Å². The molecule has 0 atom stereocenters. The highest BCUT2D eigenvalue weighted by Gasteiger charge is 2.24. The molecule has 1 aromatic heterocycles. The number of hydrogen-bond donors (Lipinski definition) is 3. The molecule has 0 unspecified atom stereocenters. The van der Waals surface area contributed by atoms with E-state index in [0.29, 0.717) is 21.8 Å². The molecular formula is C25H22Br2N5O3S+. The van der Waals surface area contributed by atoms with Crippen molar-refractivity contribution in [2.24, 2.45) is 5.10 Å². The van der Waals surface area contributed by atoms with Crippen LogP contribution >= 0.6 is 43.6 Å². The third-order valence-corrected chi connectivity index (χ3v) is 6.91. The van der Waals surface area contributed by atoms with Gasteiger partial charge in [0.25, 0.3) is 11.7 Å². The lowest BCUT2D eigenvalue weighted by atomic mass is 10.2. The summed E-state index contributed by atoms with van der Waals surface area (Å²) in [6.07, 6.45) is 1.38. The molecule has 4 rings (SSSR count). The minimum absolute atomic E-state index is 0.0342. The van der Waals surface area contributed by atoms with Gasteiger partial charge in [0, 0.05) is 10.0 Å². The first kappa shape index (κ1) is 25.9. The van der Waals surface area contributed by atoms with Crippen molar-refractivity contribution < 1.29 is 19.2 Å². The number of carbonyl (C=O) groups is 1. The molecule has 0 aliphatic carbocycles. The fourth-order valence-electron chi connectivity index (χ4n) is 3.30. The largest absolute Gasteiger partial charge is 0.506 e. The quantitative estimate of drug-likeness (QED) is 0.102. The zero-order valence-electron chi connectivity index (χ0n) is 19.1. The summed E-state index contributed by atoms with van der Waals surface area (Å²) in [7, 11) is 0. The number of phenols is 1. The van der Waals surface area contributed by atoms with Crippen LogP contribution in [-0.4, -0.2) is 39.8 Å². The number of benzene rings is 3. The fraction of sp³-hybridized carbons (Fsp3) is 0.120. The molecule has 0 saturated carbocycles. The maximum atomic E-state index is 12.5. The minimum Gasteiger partial charge on any atom is -0.506 e. The highest BCUT2D eigenvalue weighted by molar-refractivity contribution is 9.11. The number of ether oxygens (including phenoxy) is 1. The van der Waals surface area contributed by atoms with Gasteiger partial charge in [0.2, 0.25) is 0 Å². The molecule has 8 nitrogen and oxygen atoms in total. The number of aromatic amines is 1. The molecule has 11 heteroatoms. The van der Waals surface area contributed by atoms with Gasteiger partial charge in [-0.1, -0.05) is 34.1 Å². The number of hydrazone groups is 1. The number of rotatable bonds is 9. The molecule has 0 spiro atoms. The standard InChI is InChI=1S/C25H21Br2N5O3S/c1-2-35-20-10-8-19(9-11-20)32-24(16-6-4-3-5-7-16)30-31-25(32)36-15-22(33)29-28-14-17-12-18(26)13-21(27)23(17)34/h3-14H,2,15H2,1H3,(H2,28,29,33,34)/p+1. The summed E-state index contributed by atoms with van der Waals surface area (Å²) in [5, 5.41) is 22.3. The molecule has 36 heavy (non-hydrogen) atoms. The van der Waals surface area contributed by atoms with Crippen LogP contribution in [0.3, 0.4) is 0 Å². The number of aromatic nitrogens is 3. The summed E-state index contributed by atoms with van der Waals surface area (Å²) in [6.45, 7) is 2.53. The average molecular weight is 632 g/mol. The number of carbonyl (C=O) groups excluding carboxylic acids is 1. The van der Waals surface area contributed by atoms with Crippen LogP contribution in [0.4, 0.5) is 0 Å². The van der Waals surface area contributed by atoms with E-state index in [1.807, 2.05) is 66.1 Å². The Morgan fingerprint density at radius 2 is 1.94 bits per heavy atom. The molecule has 0 bridgehead atoms. The molecule has 3 N–H and O–H groups in total. The van der Waals surface area contributed by atoms with E-state index < -0.39 is 0 Å². The summed E-state index contributed by atoms with van der Waals surface area (Å²) >= 11 is 7.91. The van der Waals surface area contributed by atoms with Gasteiger partial charge in [0.05, 0.1) is 33.7 Å². The molecular weight excluding hydrogens is 610 g/mol. The summed E-state index contributed by atoms with van der Waals surface area (Å²) in [5.74, 6) is 1.37. The van der Waals surface area contributed by atoms with E-state index in [-0.39, 0.29) is 17.4 Å². The van der Waals surface area contributed by atoms with Gasteiger partial charge in [0.15, 0.2) is 0 Å². The molecule has 0 aliphatic rings. The monoisotopic (exact) mass is 630 g/mol. The SMILES string of the molecule is CCOc1ccc(-[n+]2c(SCC(=O)N/N=C/c3cc(Br)cc(Br)c3O)n[nH]c2-c2ccccc2)cc1. The number of nitrogens with zero attached hydrogens (tertiary/aromatic N) is 3. The van der Waals surface area contributed by atoms with Crippen LogP contribution in [-0.2, 0) is 4.79 Å². The van der Waals surface area contributed by atoms with Crippen molar-refractivity contribution in [3.05, 3.63) is 81.2 Å². The van der Waals surface area contributed by atoms with Crippen LogP contribution in [0.5, 0.6) is 11.5 Å². The van der Waals surface area contributed by atoms with Gasteiger partial charge >= 0.3 is 5.16 Å². The van der Waals surface area contributed by atoms with Gasteiger partial charge in [-0.3, -0.25) is 4.79 Å². The van der Waals surface area contributed by atoms with Crippen molar-refractivity contribution in [3.8, 4) is 28.6 Å². The molecule has 0 saturated heterocycles. The van der Waals surface area contributed by atoms with Gasteiger partial charge in [-0.15, -0.1) is 5.10 Å². The lowest BCUT2D eigenvalue weighted by molar-refractivity contribution is -0.625. The topological polar surface area (TPSA) is 103 Å². The third-order valence-electron chi connectivity index (χ3n) is 4.91. The van der Waals surface area contributed by atoms with Gasteiger partial charge in [-0.25, -0.2) is 5.43 Å². The molecule has 4 aromatic rings. The fourth-order valence-corrected chi connectivity index (χ4v) is 5.32. The van der Waals surface area contributed by atoms with E-state index in [4.69, 9.17) is 4.74 Å². The number of nitrogens with one attached hydrogen (secondary N) is 2. The van der Waals surface area contributed by atoms with E-state index in [1.54, 1.807) is 12.1 Å². The van der Waals surface area contributed by atoms with Crippen molar-refractivity contribution in [3.63, 3.8) is 0 Å². The van der Waals surface area contributed by atoms with Crippen molar-refractivity contribution in [1.82, 2.24) is 15.6 Å². The van der Waals surface area contributed by atoms with Crippen molar-refractivity contribution in [2.45, 2.75) is 12.1 Å². The van der Waals surface area contributed by atoms with E-state index in [2.05, 4.69) is 52.6 Å². The van der Waals surface area contributed by atoms with E-state index in [1.165, 1.54) is 18.0 Å². The molecule has 184 valence electrons. The second-order valence-corrected chi connectivity index (χ2v) is 10.1. The molecule has 0 aliphatic heterocycles. The Balaban J connectivity index is 1.51. The van der Waals surface area contributed by atoms with Crippen LogP contribution in [0, 0.1) is 0 Å². The smallest absolute Gasteiger partial charge is 0.342 e. The Labute approximate surface area is 229 Å². The van der Waals surface area contributed by atoms with E-state index in [9.17, 15) is 9.90 Å². The lowest BCUT2D eigenvalue weighted by Crippen LogP contribution is -2.34. The average Bonchev–Trinajstić information content (AvgIpc) is 3.31. The minimum atomic E-state index is -0.313. The van der Waals surface area contributed by atoms with Gasteiger partial charge < -0.3 is 9.84 Å². The van der Waals surface area contributed by atoms with Crippen LogP contribution in [0.25, 0.3) is 17.1 Å². The summed E-state index contributed by atoms with van der Waals surface area (Å²) in [4.78, 5) is 12.5. The Morgan fingerprint density at radius 1 is 1.19 bits per heavy atom. The van der Waals surface area contributed by atoms with Crippen LogP contribution in [0.15, 0.2) is 85.9 Å². The predicted octanol–water partition coefficient (Wildman–Crippen LogP) is 5.23. The first-order valence-electron chi connectivity index (χ1n) is 10.9. The lowest BCUT2D eigenvalue weighted by Gasteiger charge is -2.06. The van der Waals surface area contributed by atoms with Crippen LogP contribution in [0.1, 0.15) is 12.5 Å². The first-order chi connectivity index (χ1) is 17.5. The Hall–Kier alpha value is -3.15. The highest BCUT2D eigenvalue weighted by atomic mass is 79.9. The van der Waals surface area contributed by atoms with Gasteiger partial charge in [-0.2, -0.15) is 9.67 Å². The summed E-state index contributed by atoms with van der Waals surface area (Å²) in [5.41, 5.74) is 4.78.